The maximum atomic E-state index is 12.4. The summed E-state index contributed by atoms with van der Waals surface area (Å²) in [4.78, 5) is 12.4. The molecule has 1 aliphatic carbocycles. The minimum atomic E-state index is -3.72. The van der Waals surface area contributed by atoms with E-state index < -0.39 is 10.0 Å². The number of hydrogen-bond acceptors (Lipinski definition) is 5. The zero-order valence-corrected chi connectivity index (χ0v) is 15.0. The lowest BCUT2D eigenvalue weighted by Crippen LogP contribution is -2.38. The molecule has 24 heavy (non-hydrogen) atoms. The van der Waals surface area contributed by atoms with Gasteiger partial charge in [-0.25, -0.2) is 12.7 Å². The predicted molar refractivity (Wildman–Crippen MR) is 89.6 cm³/mol. The molecule has 0 atom stereocenters. The Morgan fingerprint density at radius 3 is 2.42 bits per heavy atom. The minimum absolute atomic E-state index is 0.00286. The molecule has 1 fully saturated rings. The number of benzene rings is 1. The first-order valence-electron chi connectivity index (χ1n) is 7.85. The molecule has 0 heterocycles. The van der Waals surface area contributed by atoms with Gasteiger partial charge in [0.25, 0.3) is 5.91 Å². The monoisotopic (exact) mass is 356 g/mol. The summed E-state index contributed by atoms with van der Waals surface area (Å²) in [5, 5.41) is 12.4. The minimum Gasteiger partial charge on any atom is -0.495 e. The van der Waals surface area contributed by atoms with E-state index in [-0.39, 0.29) is 34.3 Å². The number of carbonyl (C=O) groups is 1. The lowest BCUT2D eigenvalue weighted by molar-refractivity contribution is 0.0867. The lowest BCUT2D eigenvalue weighted by Gasteiger charge is -2.26. The van der Waals surface area contributed by atoms with Crippen LogP contribution in [0.5, 0.6) is 5.75 Å². The summed E-state index contributed by atoms with van der Waals surface area (Å²) in [5.74, 6) is -0.129. The van der Waals surface area contributed by atoms with Crippen LogP contribution in [0.2, 0.25) is 0 Å². The van der Waals surface area contributed by atoms with E-state index in [2.05, 4.69) is 5.32 Å². The summed E-state index contributed by atoms with van der Waals surface area (Å²) in [7, 11) is 0.516. The van der Waals surface area contributed by atoms with E-state index in [1.54, 1.807) is 6.07 Å². The first-order chi connectivity index (χ1) is 11.3. The van der Waals surface area contributed by atoms with Crippen molar-refractivity contribution in [1.82, 2.24) is 9.62 Å². The highest BCUT2D eigenvalue weighted by Gasteiger charge is 2.25. The van der Waals surface area contributed by atoms with Crippen LogP contribution in [0, 0.1) is 0 Å². The van der Waals surface area contributed by atoms with Crippen molar-refractivity contribution >= 4 is 15.9 Å². The van der Waals surface area contributed by atoms with Crippen molar-refractivity contribution in [2.75, 3.05) is 21.2 Å². The Hall–Kier alpha value is -1.64. The molecule has 1 saturated carbocycles. The van der Waals surface area contributed by atoms with Crippen LogP contribution in [0.1, 0.15) is 36.0 Å². The van der Waals surface area contributed by atoms with E-state index in [4.69, 9.17) is 4.74 Å². The van der Waals surface area contributed by atoms with E-state index in [1.807, 2.05) is 0 Å². The SMILES string of the molecule is COc1ccc(C(=O)NC2CCC(O)CC2)cc1S(=O)(=O)N(C)C. The highest BCUT2D eigenvalue weighted by atomic mass is 32.2. The Balaban J connectivity index is 2.23. The van der Waals surface area contributed by atoms with Gasteiger partial charge in [-0.2, -0.15) is 0 Å². The largest absolute Gasteiger partial charge is 0.495 e. The summed E-state index contributed by atoms with van der Waals surface area (Å²) in [6, 6.07) is 4.36. The van der Waals surface area contributed by atoms with Crippen LogP contribution in [0.4, 0.5) is 0 Å². The van der Waals surface area contributed by atoms with Crippen LogP contribution in [0.25, 0.3) is 0 Å². The van der Waals surface area contributed by atoms with Gasteiger partial charge in [-0.15, -0.1) is 0 Å². The average Bonchev–Trinajstić information content (AvgIpc) is 2.56. The van der Waals surface area contributed by atoms with Gasteiger partial charge in [0.05, 0.1) is 13.2 Å². The Labute approximate surface area is 142 Å². The summed E-state index contributed by atoms with van der Waals surface area (Å²) < 4.78 is 31.0. The number of carbonyl (C=O) groups excluding carboxylic acids is 1. The van der Waals surface area contributed by atoms with Crippen LogP contribution in [0.3, 0.4) is 0 Å². The third-order valence-electron chi connectivity index (χ3n) is 4.22. The van der Waals surface area contributed by atoms with E-state index in [1.165, 1.54) is 33.3 Å². The van der Waals surface area contributed by atoms with Gasteiger partial charge in [0, 0.05) is 25.7 Å². The maximum absolute atomic E-state index is 12.4. The summed E-state index contributed by atoms with van der Waals surface area (Å²) in [6.45, 7) is 0. The number of nitrogens with zero attached hydrogens (tertiary/aromatic N) is 1. The highest BCUT2D eigenvalue weighted by Crippen LogP contribution is 2.27. The zero-order valence-electron chi connectivity index (χ0n) is 14.2. The van der Waals surface area contributed by atoms with Crippen LogP contribution in [-0.2, 0) is 10.0 Å². The van der Waals surface area contributed by atoms with E-state index in [9.17, 15) is 18.3 Å². The number of hydrogen-bond donors (Lipinski definition) is 2. The molecular weight excluding hydrogens is 332 g/mol. The molecule has 1 aromatic rings. The number of amides is 1. The lowest BCUT2D eigenvalue weighted by atomic mass is 9.93. The number of aliphatic hydroxyl groups excluding tert-OH is 1. The zero-order chi connectivity index (χ0) is 17.9. The van der Waals surface area contributed by atoms with Gasteiger partial charge in [-0.3, -0.25) is 4.79 Å². The molecule has 0 aromatic heterocycles. The van der Waals surface area contributed by atoms with Gasteiger partial charge in [0.2, 0.25) is 10.0 Å². The van der Waals surface area contributed by atoms with E-state index >= 15 is 0 Å². The molecule has 2 rings (SSSR count). The molecule has 0 radical (unpaired) electrons. The van der Waals surface area contributed by atoms with Crippen LogP contribution in [-0.4, -0.2) is 57.1 Å². The standard InChI is InChI=1S/C16H24N2O5S/c1-18(2)24(21,22)15-10-11(4-9-14(15)23-3)16(20)17-12-5-7-13(19)8-6-12/h4,9-10,12-13,19H,5-8H2,1-3H3,(H,17,20). The second-order valence-corrected chi connectivity index (χ2v) is 8.25. The first kappa shape index (κ1) is 18.7. The second-order valence-electron chi connectivity index (χ2n) is 6.13. The Morgan fingerprint density at radius 1 is 1.25 bits per heavy atom. The molecule has 0 bridgehead atoms. The molecule has 0 unspecified atom stereocenters. The smallest absolute Gasteiger partial charge is 0.251 e. The van der Waals surface area contributed by atoms with Crippen molar-refractivity contribution in [2.45, 2.75) is 42.7 Å². The molecule has 0 spiro atoms. The van der Waals surface area contributed by atoms with Crippen molar-refractivity contribution in [1.29, 1.82) is 0 Å². The molecule has 0 aliphatic heterocycles. The fraction of sp³-hybridized carbons (Fsp3) is 0.562. The van der Waals surface area contributed by atoms with Crippen LogP contribution < -0.4 is 10.1 Å². The van der Waals surface area contributed by atoms with Crippen LogP contribution in [0.15, 0.2) is 23.1 Å². The van der Waals surface area contributed by atoms with E-state index in [0.717, 1.165) is 4.31 Å². The van der Waals surface area contributed by atoms with Gasteiger partial charge in [0.15, 0.2) is 0 Å². The second kappa shape index (κ2) is 7.50. The number of methoxy groups -OCH3 is 1. The topological polar surface area (TPSA) is 95.9 Å². The van der Waals surface area contributed by atoms with Gasteiger partial charge >= 0.3 is 0 Å². The van der Waals surface area contributed by atoms with Crippen LogP contribution >= 0.6 is 0 Å². The molecule has 1 aliphatic rings. The number of rotatable bonds is 5. The average molecular weight is 356 g/mol. The van der Waals surface area contributed by atoms with Crippen molar-refractivity contribution in [3.63, 3.8) is 0 Å². The Kier molecular flexibility index (Phi) is 5.84. The number of sulfonamides is 1. The Bertz CT molecular complexity index is 694. The van der Waals surface area contributed by atoms with Crippen molar-refractivity contribution in [3.05, 3.63) is 23.8 Å². The predicted octanol–water partition coefficient (Wildman–Crippen LogP) is 0.979. The number of ether oxygens (including phenoxy) is 1. The van der Waals surface area contributed by atoms with E-state index in [0.29, 0.717) is 25.7 Å². The molecule has 8 heteroatoms. The normalized spacial score (nSPS) is 21.5. The van der Waals surface area contributed by atoms with Gasteiger partial charge in [-0.05, 0) is 43.9 Å². The fourth-order valence-corrected chi connectivity index (χ4v) is 3.78. The van der Waals surface area contributed by atoms with Gasteiger partial charge < -0.3 is 15.2 Å². The molecule has 134 valence electrons. The molecular formula is C16H24N2O5S. The molecule has 1 aromatic carbocycles. The third-order valence-corrected chi connectivity index (χ3v) is 6.05. The van der Waals surface area contributed by atoms with Crippen molar-refractivity contribution < 1.29 is 23.1 Å². The number of nitrogens with one attached hydrogen (secondary N) is 1. The molecule has 2 N–H and O–H groups in total. The highest BCUT2D eigenvalue weighted by molar-refractivity contribution is 7.89. The summed E-state index contributed by atoms with van der Waals surface area (Å²) in [6.07, 6.45) is 2.45. The molecule has 7 nitrogen and oxygen atoms in total. The van der Waals surface area contributed by atoms with Crippen molar-refractivity contribution in [2.24, 2.45) is 0 Å². The molecule has 1 amide bonds. The Morgan fingerprint density at radius 2 is 1.88 bits per heavy atom. The summed E-state index contributed by atoms with van der Waals surface area (Å²) >= 11 is 0. The van der Waals surface area contributed by atoms with Crippen molar-refractivity contribution in [3.8, 4) is 5.75 Å². The third kappa shape index (κ3) is 4.06. The fourth-order valence-electron chi connectivity index (χ4n) is 2.71. The summed E-state index contributed by atoms with van der Waals surface area (Å²) in [5.41, 5.74) is 0.266. The van der Waals surface area contributed by atoms with Gasteiger partial charge in [-0.1, -0.05) is 0 Å². The molecule has 0 saturated heterocycles. The number of aliphatic hydroxyl groups is 1. The van der Waals surface area contributed by atoms with Gasteiger partial charge in [0.1, 0.15) is 10.6 Å². The quantitative estimate of drug-likeness (QED) is 0.820. The first-order valence-corrected chi connectivity index (χ1v) is 9.29. The maximum Gasteiger partial charge on any atom is 0.251 e.